The maximum Gasteiger partial charge on any atom is 0.231 e. The molecule has 3 aliphatic rings. The van der Waals surface area contributed by atoms with E-state index in [-0.39, 0.29) is 11.4 Å². The molecule has 26 heavy (non-hydrogen) atoms. The molecular formula is C21H34N4O. The van der Waals surface area contributed by atoms with Crippen molar-refractivity contribution in [1.82, 2.24) is 14.8 Å². The summed E-state index contributed by atoms with van der Waals surface area (Å²) in [5, 5.41) is 4.96. The number of carbonyl (C=O) groups excluding carboxylic acids is 1. The Morgan fingerprint density at radius 2 is 1.88 bits per heavy atom. The zero-order chi connectivity index (χ0) is 18.3. The Hall–Kier alpha value is -1.39. The molecule has 0 bridgehead atoms. The molecule has 0 aromatic carbocycles. The molecule has 1 aromatic rings. The Kier molecular flexibility index (Phi) is 4.83. The van der Waals surface area contributed by atoms with Gasteiger partial charge in [-0.25, -0.2) is 4.68 Å². The second-order valence-corrected chi connectivity index (χ2v) is 9.08. The number of nitrogens with zero attached hydrogens (tertiary/aromatic N) is 4. The van der Waals surface area contributed by atoms with Crippen LogP contribution in [-0.2, 0) is 16.8 Å². The van der Waals surface area contributed by atoms with Crippen LogP contribution in [0.4, 0.5) is 5.95 Å². The van der Waals surface area contributed by atoms with Gasteiger partial charge >= 0.3 is 0 Å². The predicted octanol–water partition coefficient (Wildman–Crippen LogP) is 4.45. The smallest absolute Gasteiger partial charge is 0.231 e. The van der Waals surface area contributed by atoms with E-state index in [9.17, 15) is 4.79 Å². The highest BCUT2D eigenvalue weighted by Crippen LogP contribution is 2.52. The Balaban J connectivity index is 1.84. The first-order valence-electron chi connectivity index (χ1n) is 10.9. The summed E-state index contributed by atoms with van der Waals surface area (Å²) >= 11 is 0. The summed E-state index contributed by atoms with van der Waals surface area (Å²) in [4.78, 5) is 20.2. The largest absolute Gasteiger partial charge is 0.277 e. The van der Waals surface area contributed by atoms with E-state index in [2.05, 4.69) is 30.4 Å². The number of hydrogen-bond donors (Lipinski definition) is 0. The Morgan fingerprint density at radius 3 is 2.58 bits per heavy atom. The van der Waals surface area contributed by atoms with Crippen LogP contribution in [-0.4, -0.2) is 26.7 Å². The van der Waals surface area contributed by atoms with Crippen molar-refractivity contribution in [2.45, 2.75) is 103 Å². The van der Waals surface area contributed by atoms with E-state index < -0.39 is 0 Å². The topological polar surface area (TPSA) is 51.0 Å². The lowest BCUT2D eigenvalue weighted by Gasteiger charge is -2.55. The molecule has 1 amide bonds. The molecule has 2 saturated carbocycles. The molecule has 2 unspecified atom stereocenters. The quantitative estimate of drug-likeness (QED) is 0.802. The first-order valence-corrected chi connectivity index (χ1v) is 10.9. The van der Waals surface area contributed by atoms with Crippen LogP contribution in [0.5, 0.6) is 0 Å². The number of aromatic nitrogens is 3. The number of amides is 1. The average molecular weight is 359 g/mol. The van der Waals surface area contributed by atoms with E-state index in [0.717, 1.165) is 24.6 Å². The summed E-state index contributed by atoms with van der Waals surface area (Å²) in [6.45, 7) is 6.37. The second kappa shape index (κ2) is 6.97. The number of rotatable bonds is 3. The standard InChI is InChI=1S/C21H34N4O/c1-4-18-22-20-24(19(26)14-15(2)3)17-11-7-6-10-16(17)21(25(20)23-18)12-8-5-9-13-21/h15-17H,4-14H2,1-3H3. The van der Waals surface area contributed by atoms with Crippen molar-refractivity contribution in [2.24, 2.45) is 11.8 Å². The fourth-order valence-electron chi connectivity index (χ4n) is 5.79. The molecule has 5 heteroatoms. The van der Waals surface area contributed by atoms with Crippen molar-refractivity contribution in [3.8, 4) is 0 Å². The monoisotopic (exact) mass is 358 g/mol. The summed E-state index contributed by atoms with van der Waals surface area (Å²) in [5.74, 6) is 2.92. The molecule has 4 rings (SSSR count). The molecule has 1 aliphatic heterocycles. The van der Waals surface area contributed by atoms with Crippen LogP contribution < -0.4 is 4.90 Å². The van der Waals surface area contributed by atoms with Crippen molar-refractivity contribution in [2.75, 3.05) is 4.90 Å². The van der Waals surface area contributed by atoms with Crippen LogP contribution in [0.3, 0.4) is 0 Å². The highest BCUT2D eigenvalue weighted by molar-refractivity contribution is 5.93. The number of carbonyl (C=O) groups is 1. The van der Waals surface area contributed by atoms with Crippen LogP contribution in [0.15, 0.2) is 0 Å². The van der Waals surface area contributed by atoms with Crippen molar-refractivity contribution < 1.29 is 4.79 Å². The molecule has 2 atom stereocenters. The lowest BCUT2D eigenvalue weighted by Crippen LogP contribution is -2.61. The third-order valence-corrected chi connectivity index (χ3v) is 6.91. The summed E-state index contributed by atoms with van der Waals surface area (Å²) in [5.41, 5.74) is 0.105. The third-order valence-electron chi connectivity index (χ3n) is 6.91. The number of hydrogen-bond acceptors (Lipinski definition) is 3. The van der Waals surface area contributed by atoms with E-state index in [0.29, 0.717) is 24.3 Å². The second-order valence-electron chi connectivity index (χ2n) is 9.08. The van der Waals surface area contributed by atoms with Crippen LogP contribution in [0.2, 0.25) is 0 Å². The first-order chi connectivity index (χ1) is 12.6. The Bertz CT molecular complexity index is 659. The van der Waals surface area contributed by atoms with E-state index >= 15 is 0 Å². The molecule has 0 radical (unpaired) electrons. The fourth-order valence-corrected chi connectivity index (χ4v) is 5.79. The third kappa shape index (κ3) is 2.78. The molecule has 2 fully saturated rings. The average Bonchev–Trinajstić information content (AvgIpc) is 3.07. The normalized spacial score (nSPS) is 27.5. The van der Waals surface area contributed by atoms with Gasteiger partial charge in [-0.05, 0) is 31.6 Å². The van der Waals surface area contributed by atoms with Crippen molar-refractivity contribution in [3.63, 3.8) is 0 Å². The maximum absolute atomic E-state index is 13.2. The molecule has 2 aliphatic carbocycles. The molecule has 2 heterocycles. The van der Waals surface area contributed by atoms with Crippen LogP contribution in [0.1, 0.15) is 90.8 Å². The van der Waals surface area contributed by atoms with E-state index in [1.165, 1.54) is 51.4 Å². The van der Waals surface area contributed by atoms with Crippen molar-refractivity contribution in [3.05, 3.63) is 5.82 Å². The summed E-state index contributed by atoms with van der Waals surface area (Å²) < 4.78 is 2.23. The van der Waals surface area contributed by atoms with Gasteiger partial charge in [0.15, 0.2) is 5.82 Å². The zero-order valence-corrected chi connectivity index (χ0v) is 16.7. The fraction of sp³-hybridized carbons (Fsp3) is 0.857. The van der Waals surface area contributed by atoms with E-state index in [4.69, 9.17) is 10.1 Å². The minimum Gasteiger partial charge on any atom is -0.277 e. The minimum atomic E-state index is 0.105. The molecule has 144 valence electrons. The molecule has 0 saturated heterocycles. The molecule has 1 spiro atoms. The van der Waals surface area contributed by atoms with Gasteiger partial charge in [0.1, 0.15) is 0 Å². The van der Waals surface area contributed by atoms with Crippen LogP contribution in [0.25, 0.3) is 0 Å². The molecule has 1 aromatic heterocycles. The summed E-state index contributed by atoms with van der Waals surface area (Å²) in [6.07, 6.45) is 12.6. The van der Waals surface area contributed by atoms with Gasteiger partial charge in [0.25, 0.3) is 0 Å². The lowest BCUT2D eigenvalue weighted by atomic mass is 9.64. The molecule has 5 nitrogen and oxygen atoms in total. The van der Waals surface area contributed by atoms with Crippen LogP contribution in [0, 0.1) is 11.8 Å². The molecule has 0 N–H and O–H groups in total. The van der Waals surface area contributed by atoms with E-state index in [1.807, 2.05) is 0 Å². The van der Waals surface area contributed by atoms with Gasteiger partial charge in [-0.1, -0.05) is 52.9 Å². The minimum absolute atomic E-state index is 0.105. The van der Waals surface area contributed by atoms with Crippen LogP contribution >= 0.6 is 0 Å². The predicted molar refractivity (Wildman–Crippen MR) is 103 cm³/mol. The molecular weight excluding hydrogens is 324 g/mol. The Morgan fingerprint density at radius 1 is 1.15 bits per heavy atom. The Labute approximate surface area is 157 Å². The summed E-state index contributed by atoms with van der Waals surface area (Å²) in [7, 11) is 0. The van der Waals surface area contributed by atoms with Gasteiger partial charge in [0.05, 0.1) is 5.54 Å². The zero-order valence-electron chi connectivity index (χ0n) is 16.7. The first kappa shape index (κ1) is 18.0. The number of fused-ring (bicyclic) bond motifs is 4. The SMILES string of the molecule is CCc1nc2n(n1)C1(CCCCC1)C1CCCCC1N2C(=O)CC(C)C. The maximum atomic E-state index is 13.2. The van der Waals surface area contributed by atoms with Gasteiger partial charge in [0, 0.05) is 24.8 Å². The van der Waals surface area contributed by atoms with Crippen molar-refractivity contribution >= 4 is 11.9 Å². The van der Waals surface area contributed by atoms with Gasteiger partial charge in [-0.2, -0.15) is 10.1 Å². The number of aryl methyl sites for hydroxylation is 1. The van der Waals surface area contributed by atoms with Gasteiger partial charge in [0.2, 0.25) is 11.9 Å². The highest BCUT2D eigenvalue weighted by Gasteiger charge is 2.54. The van der Waals surface area contributed by atoms with Crippen molar-refractivity contribution in [1.29, 1.82) is 0 Å². The van der Waals surface area contributed by atoms with Gasteiger partial charge in [-0.15, -0.1) is 0 Å². The van der Waals surface area contributed by atoms with Gasteiger partial charge < -0.3 is 0 Å². The lowest BCUT2D eigenvalue weighted by molar-refractivity contribution is -0.121. The van der Waals surface area contributed by atoms with Gasteiger partial charge in [-0.3, -0.25) is 9.69 Å². The number of anilines is 1. The summed E-state index contributed by atoms with van der Waals surface area (Å²) in [6, 6.07) is 0.328. The highest BCUT2D eigenvalue weighted by atomic mass is 16.2. The van der Waals surface area contributed by atoms with E-state index in [1.54, 1.807) is 0 Å².